The molecular weight excluding hydrogens is 428 g/mol. The number of fused-ring (bicyclic) bond motifs is 4. The van der Waals surface area contributed by atoms with Crippen molar-refractivity contribution in [2.24, 2.45) is 5.73 Å². The lowest BCUT2D eigenvalue weighted by molar-refractivity contribution is -0.121. The number of para-hydroxylation sites is 1. The molecule has 5 rings (SSSR count). The summed E-state index contributed by atoms with van der Waals surface area (Å²) in [5.74, 6) is -0.333. The van der Waals surface area contributed by atoms with Gasteiger partial charge in [-0.1, -0.05) is 48.5 Å². The third-order valence-electron chi connectivity index (χ3n) is 6.61. The number of anilines is 1. The summed E-state index contributed by atoms with van der Waals surface area (Å²) in [7, 11) is 0. The highest BCUT2D eigenvalue weighted by Gasteiger charge is 2.61. The lowest BCUT2D eigenvalue weighted by Crippen LogP contribution is -2.51. The van der Waals surface area contributed by atoms with Gasteiger partial charge in [0.1, 0.15) is 17.4 Å². The van der Waals surface area contributed by atoms with Gasteiger partial charge in [0.05, 0.1) is 12.1 Å². The Balaban J connectivity index is 1.88. The largest absolute Gasteiger partial charge is 0.440 e. The molecule has 0 radical (unpaired) electrons. The second kappa shape index (κ2) is 7.63. The molecule has 2 aliphatic heterocycles. The predicted molar refractivity (Wildman–Crippen MR) is 128 cm³/mol. The summed E-state index contributed by atoms with van der Waals surface area (Å²) in [5, 5.41) is 10.2. The van der Waals surface area contributed by atoms with Crippen LogP contribution < -0.4 is 20.9 Å². The van der Waals surface area contributed by atoms with E-state index in [2.05, 4.69) is 6.07 Å². The molecule has 1 unspecified atom stereocenters. The van der Waals surface area contributed by atoms with Crippen LogP contribution in [0.2, 0.25) is 0 Å². The van der Waals surface area contributed by atoms with E-state index in [1.54, 1.807) is 27.7 Å². The van der Waals surface area contributed by atoms with Crippen LogP contribution in [0.4, 0.5) is 5.69 Å². The van der Waals surface area contributed by atoms with Crippen molar-refractivity contribution in [1.82, 2.24) is 4.57 Å². The first-order chi connectivity index (χ1) is 16.3. The summed E-state index contributed by atoms with van der Waals surface area (Å²) in [6, 6.07) is 20.5. The van der Waals surface area contributed by atoms with Gasteiger partial charge in [0.2, 0.25) is 11.8 Å². The average Bonchev–Trinajstić information content (AvgIpc) is 3.06. The third kappa shape index (κ3) is 2.75. The smallest absolute Gasteiger partial charge is 0.259 e. The molecule has 2 N–H and O–H groups in total. The van der Waals surface area contributed by atoms with Crippen LogP contribution in [0.3, 0.4) is 0 Å². The van der Waals surface area contributed by atoms with E-state index in [-0.39, 0.29) is 40.3 Å². The Morgan fingerprint density at radius 1 is 1.09 bits per heavy atom. The lowest BCUT2D eigenvalue weighted by atomic mass is 9.69. The molecule has 1 atom stereocenters. The van der Waals surface area contributed by atoms with Gasteiger partial charge in [-0.3, -0.25) is 9.59 Å². The summed E-state index contributed by atoms with van der Waals surface area (Å²) < 4.78 is 7.41. The van der Waals surface area contributed by atoms with Gasteiger partial charge in [0.15, 0.2) is 5.41 Å². The molecule has 7 heteroatoms. The quantitative estimate of drug-likeness (QED) is 0.657. The first-order valence-corrected chi connectivity index (χ1v) is 11.1. The fourth-order valence-corrected chi connectivity index (χ4v) is 5.15. The Morgan fingerprint density at radius 2 is 1.76 bits per heavy atom. The van der Waals surface area contributed by atoms with Gasteiger partial charge in [0.25, 0.3) is 5.56 Å². The average molecular weight is 453 g/mol. The van der Waals surface area contributed by atoms with E-state index < -0.39 is 5.41 Å². The molecule has 7 nitrogen and oxygen atoms in total. The van der Waals surface area contributed by atoms with E-state index in [4.69, 9.17) is 10.5 Å². The summed E-state index contributed by atoms with van der Waals surface area (Å²) in [5.41, 5.74) is 7.05. The number of nitrogens with two attached hydrogens (primary N) is 1. The number of amides is 1. The van der Waals surface area contributed by atoms with Gasteiger partial charge in [-0.2, -0.15) is 5.26 Å². The Morgan fingerprint density at radius 3 is 2.44 bits per heavy atom. The number of aromatic nitrogens is 1. The van der Waals surface area contributed by atoms with E-state index in [0.29, 0.717) is 23.5 Å². The molecule has 1 amide bonds. The number of pyridine rings is 1. The summed E-state index contributed by atoms with van der Waals surface area (Å²) in [6.45, 7) is 5.93. The van der Waals surface area contributed by atoms with Crippen molar-refractivity contribution in [3.05, 3.63) is 105 Å². The van der Waals surface area contributed by atoms with Crippen LogP contribution in [-0.4, -0.2) is 16.5 Å². The Bertz CT molecular complexity index is 1460. The minimum atomic E-state index is -1.67. The van der Waals surface area contributed by atoms with Crippen molar-refractivity contribution < 1.29 is 9.53 Å². The number of hydrogen-bond donors (Lipinski definition) is 1. The molecule has 3 heterocycles. The first-order valence-electron chi connectivity index (χ1n) is 11.1. The number of rotatable bonds is 3. The van der Waals surface area contributed by atoms with Crippen LogP contribution in [0.25, 0.3) is 0 Å². The highest BCUT2D eigenvalue weighted by atomic mass is 16.5. The second-order valence-corrected chi connectivity index (χ2v) is 8.89. The van der Waals surface area contributed by atoms with Crippen molar-refractivity contribution in [3.8, 4) is 11.8 Å². The first kappa shape index (κ1) is 21.5. The normalized spacial score (nSPS) is 18.7. The number of aryl methyl sites for hydroxylation is 1. The Hall–Kier alpha value is -4.31. The van der Waals surface area contributed by atoms with Crippen LogP contribution in [0.15, 0.2) is 76.9 Å². The highest BCUT2D eigenvalue weighted by molar-refractivity contribution is 6.14. The molecule has 2 aliphatic rings. The SMILES string of the molecule is Cc1cc2c(c(=O)n1Cc1ccccc1)C1(C(=O)N(C(C)C)c3ccccc31)C(C#N)=C(N)O2. The molecule has 2 aromatic carbocycles. The van der Waals surface area contributed by atoms with Crippen molar-refractivity contribution in [2.45, 2.75) is 38.8 Å². The Kier molecular flexibility index (Phi) is 4.83. The fraction of sp³-hybridized carbons (Fsp3) is 0.222. The number of benzene rings is 2. The van der Waals surface area contributed by atoms with Gasteiger partial charge < -0.3 is 19.9 Å². The van der Waals surface area contributed by atoms with Gasteiger partial charge in [-0.25, -0.2) is 0 Å². The monoisotopic (exact) mass is 452 g/mol. The summed E-state index contributed by atoms with van der Waals surface area (Å²) >= 11 is 0. The number of carbonyl (C=O) groups is 1. The number of carbonyl (C=O) groups excluding carboxylic acids is 1. The molecule has 0 saturated heterocycles. The molecule has 0 fully saturated rings. The zero-order valence-corrected chi connectivity index (χ0v) is 19.2. The maximum absolute atomic E-state index is 14.2. The highest BCUT2D eigenvalue weighted by Crippen LogP contribution is 2.54. The van der Waals surface area contributed by atoms with Crippen molar-refractivity contribution >= 4 is 11.6 Å². The molecule has 1 aromatic heterocycles. The van der Waals surface area contributed by atoms with Crippen LogP contribution >= 0.6 is 0 Å². The number of nitrogens with zero attached hydrogens (tertiary/aromatic N) is 3. The molecule has 1 spiro atoms. The standard InChI is InChI=1S/C27H24N4O3/c1-16(2)31-21-12-8-7-11-19(21)27(26(31)33)20(14-28)24(29)34-22-13-17(3)30(25(32)23(22)27)15-18-9-5-4-6-10-18/h4-13,16H,15,29H2,1-3H3. The minimum absolute atomic E-state index is 0.0622. The van der Waals surface area contributed by atoms with E-state index in [0.717, 1.165) is 5.56 Å². The van der Waals surface area contributed by atoms with E-state index >= 15 is 0 Å². The van der Waals surface area contributed by atoms with E-state index in [1.807, 2.05) is 63.2 Å². The van der Waals surface area contributed by atoms with Crippen LogP contribution in [0.1, 0.15) is 36.2 Å². The third-order valence-corrected chi connectivity index (χ3v) is 6.61. The molecule has 170 valence electrons. The van der Waals surface area contributed by atoms with Crippen LogP contribution in [0, 0.1) is 18.3 Å². The van der Waals surface area contributed by atoms with Crippen LogP contribution in [-0.2, 0) is 16.8 Å². The molecular formula is C27H24N4O3. The van der Waals surface area contributed by atoms with Crippen molar-refractivity contribution in [1.29, 1.82) is 5.26 Å². The van der Waals surface area contributed by atoms with Crippen LogP contribution in [0.5, 0.6) is 5.75 Å². The Labute approximate surface area is 197 Å². The molecule has 0 saturated carbocycles. The van der Waals surface area contributed by atoms with Gasteiger partial charge in [0, 0.05) is 29.1 Å². The zero-order valence-electron chi connectivity index (χ0n) is 19.2. The van der Waals surface area contributed by atoms with Gasteiger partial charge in [-0.15, -0.1) is 0 Å². The second-order valence-electron chi connectivity index (χ2n) is 8.89. The van der Waals surface area contributed by atoms with Crippen molar-refractivity contribution in [3.63, 3.8) is 0 Å². The maximum Gasteiger partial charge on any atom is 0.259 e. The summed E-state index contributed by atoms with van der Waals surface area (Å²) in [4.78, 5) is 30.0. The lowest BCUT2D eigenvalue weighted by Gasteiger charge is -2.35. The number of hydrogen-bond acceptors (Lipinski definition) is 5. The molecule has 0 aliphatic carbocycles. The van der Waals surface area contributed by atoms with Gasteiger partial charge in [-0.05, 0) is 32.4 Å². The summed E-state index contributed by atoms with van der Waals surface area (Å²) in [6.07, 6.45) is 0. The topological polar surface area (TPSA) is 101 Å². The van der Waals surface area contributed by atoms with E-state index in [1.165, 1.54) is 0 Å². The fourth-order valence-electron chi connectivity index (χ4n) is 5.15. The van der Waals surface area contributed by atoms with Crippen molar-refractivity contribution in [2.75, 3.05) is 4.90 Å². The molecule has 3 aromatic rings. The minimum Gasteiger partial charge on any atom is -0.440 e. The molecule has 34 heavy (non-hydrogen) atoms. The maximum atomic E-state index is 14.2. The van der Waals surface area contributed by atoms with Gasteiger partial charge >= 0.3 is 0 Å². The zero-order chi connectivity index (χ0) is 24.2. The predicted octanol–water partition coefficient (Wildman–Crippen LogP) is 3.33. The molecule has 0 bridgehead atoms. The number of nitriles is 1. The number of ether oxygens (including phenoxy) is 1. The van der Waals surface area contributed by atoms with E-state index in [9.17, 15) is 14.9 Å².